The summed E-state index contributed by atoms with van der Waals surface area (Å²) in [5, 5.41) is 11.7. The molecule has 1 aliphatic rings. The lowest BCUT2D eigenvalue weighted by Gasteiger charge is -2.29. The van der Waals surface area contributed by atoms with E-state index in [1.807, 2.05) is 25.6 Å². The third kappa shape index (κ3) is 5.30. The quantitative estimate of drug-likeness (QED) is 0.786. The van der Waals surface area contributed by atoms with Crippen LogP contribution in [0.3, 0.4) is 0 Å². The minimum atomic E-state index is -0.878. The third-order valence-electron chi connectivity index (χ3n) is 3.36. The highest BCUT2D eigenvalue weighted by molar-refractivity contribution is 8.00. The van der Waals surface area contributed by atoms with Crippen LogP contribution in [0, 0.1) is 0 Å². The lowest BCUT2D eigenvalue weighted by molar-refractivity contribution is -0.137. The van der Waals surface area contributed by atoms with E-state index in [4.69, 9.17) is 5.11 Å². The summed E-state index contributed by atoms with van der Waals surface area (Å²) in [5.74, 6) is 0.274. The Morgan fingerprint density at radius 1 is 1.47 bits per heavy atom. The van der Waals surface area contributed by atoms with Gasteiger partial charge in [0.2, 0.25) is 0 Å². The Morgan fingerprint density at radius 2 is 2.16 bits per heavy atom. The first kappa shape index (κ1) is 16.1. The number of amides is 2. The topological polar surface area (TPSA) is 69.6 Å². The number of hydrogen-bond donors (Lipinski definition) is 2. The van der Waals surface area contributed by atoms with Gasteiger partial charge in [0, 0.05) is 23.9 Å². The molecule has 0 spiro atoms. The van der Waals surface area contributed by atoms with E-state index < -0.39 is 5.97 Å². The lowest BCUT2D eigenvalue weighted by atomic mass is 10.1. The van der Waals surface area contributed by atoms with Gasteiger partial charge in [0.1, 0.15) is 0 Å². The van der Waals surface area contributed by atoms with Gasteiger partial charge in [-0.2, -0.15) is 11.8 Å². The second-order valence-electron chi connectivity index (χ2n) is 5.49. The van der Waals surface area contributed by atoms with Gasteiger partial charge in [-0.05, 0) is 39.4 Å². The molecule has 2 amide bonds. The molecule has 0 aliphatic carbocycles. The van der Waals surface area contributed by atoms with Gasteiger partial charge < -0.3 is 15.3 Å². The van der Waals surface area contributed by atoms with E-state index in [0.717, 1.165) is 12.2 Å². The average Bonchev–Trinajstić information content (AvgIpc) is 2.73. The Hall–Kier alpha value is -0.910. The molecule has 1 fully saturated rings. The van der Waals surface area contributed by atoms with Gasteiger partial charge in [-0.1, -0.05) is 0 Å². The van der Waals surface area contributed by atoms with Gasteiger partial charge in [0.05, 0.1) is 6.42 Å². The van der Waals surface area contributed by atoms with E-state index >= 15 is 0 Å². The van der Waals surface area contributed by atoms with Crippen LogP contribution in [0.4, 0.5) is 4.79 Å². The predicted molar refractivity (Wildman–Crippen MR) is 77.6 cm³/mol. The molecule has 110 valence electrons. The summed E-state index contributed by atoms with van der Waals surface area (Å²) in [7, 11) is 0. The average molecular weight is 288 g/mol. The number of urea groups is 1. The largest absolute Gasteiger partial charge is 0.481 e. The minimum Gasteiger partial charge on any atom is -0.481 e. The van der Waals surface area contributed by atoms with Crippen molar-refractivity contribution in [2.75, 3.05) is 18.8 Å². The summed E-state index contributed by atoms with van der Waals surface area (Å²) in [6.07, 6.45) is 2.30. The van der Waals surface area contributed by atoms with Crippen molar-refractivity contribution in [2.45, 2.75) is 50.8 Å². The SMILES string of the molecule is CC(C)N(CCC(=O)O)C(=O)NCC1(C)CCCS1. The number of nitrogens with zero attached hydrogens (tertiary/aromatic N) is 1. The van der Waals surface area contributed by atoms with E-state index in [2.05, 4.69) is 12.2 Å². The summed E-state index contributed by atoms with van der Waals surface area (Å²) in [4.78, 5) is 24.3. The van der Waals surface area contributed by atoms with Crippen LogP contribution in [0.1, 0.15) is 40.0 Å². The zero-order chi connectivity index (χ0) is 14.5. The second kappa shape index (κ2) is 7.03. The number of carbonyl (C=O) groups is 2. The minimum absolute atomic E-state index is 0.00314. The van der Waals surface area contributed by atoms with Gasteiger partial charge in [-0.3, -0.25) is 4.79 Å². The first-order chi connectivity index (χ1) is 8.84. The number of aliphatic carboxylic acids is 1. The fraction of sp³-hybridized carbons (Fsp3) is 0.846. The molecular weight excluding hydrogens is 264 g/mol. The summed E-state index contributed by atoms with van der Waals surface area (Å²) < 4.78 is 0.130. The van der Waals surface area contributed by atoms with Crippen LogP contribution in [0.5, 0.6) is 0 Å². The molecule has 0 aromatic carbocycles. The monoisotopic (exact) mass is 288 g/mol. The maximum Gasteiger partial charge on any atom is 0.317 e. The van der Waals surface area contributed by atoms with Crippen LogP contribution in [0.15, 0.2) is 0 Å². The van der Waals surface area contributed by atoms with Gasteiger partial charge in [-0.15, -0.1) is 0 Å². The molecule has 5 nitrogen and oxygen atoms in total. The van der Waals surface area contributed by atoms with Gasteiger partial charge >= 0.3 is 12.0 Å². The Bertz CT molecular complexity index is 328. The Morgan fingerprint density at radius 3 is 2.63 bits per heavy atom. The Balaban J connectivity index is 2.45. The zero-order valence-electron chi connectivity index (χ0n) is 11.9. The van der Waals surface area contributed by atoms with Crippen molar-refractivity contribution in [1.82, 2.24) is 10.2 Å². The third-order valence-corrected chi connectivity index (χ3v) is 4.90. The molecule has 2 N–H and O–H groups in total. The van der Waals surface area contributed by atoms with Crippen LogP contribution in [0.25, 0.3) is 0 Å². The summed E-state index contributed by atoms with van der Waals surface area (Å²) in [6.45, 7) is 6.86. The molecule has 1 atom stereocenters. The molecule has 6 heteroatoms. The number of thioether (sulfide) groups is 1. The molecule has 0 bridgehead atoms. The fourth-order valence-electron chi connectivity index (χ4n) is 2.15. The van der Waals surface area contributed by atoms with Gasteiger partial charge in [-0.25, -0.2) is 4.79 Å². The van der Waals surface area contributed by atoms with Crippen LogP contribution in [-0.2, 0) is 4.79 Å². The van der Waals surface area contributed by atoms with Crippen molar-refractivity contribution in [3.8, 4) is 0 Å². The Labute approximate surface area is 119 Å². The summed E-state index contributed by atoms with van der Waals surface area (Å²) in [6, 6.07) is -0.159. The van der Waals surface area contributed by atoms with E-state index in [-0.39, 0.29) is 29.8 Å². The first-order valence-corrected chi connectivity index (χ1v) is 7.73. The molecule has 0 radical (unpaired) electrons. The second-order valence-corrected chi connectivity index (χ2v) is 7.17. The highest BCUT2D eigenvalue weighted by atomic mass is 32.2. The zero-order valence-corrected chi connectivity index (χ0v) is 12.8. The summed E-state index contributed by atoms with van der Waals surface area (Å²) in [5.41, 5.74) is 0. The summed E-state index contributed by atoms with van der Waals surface area (Å²) >= 11 is 1.90. The van der Waals surface area contributed by atoms with E-state index in [9.17, 15) is 9.59 Å². The van der Waals surface area contributed by atoms with Gasteiger partial charge in [0.25, 0.3) is 0 Å². The normalized spacial score (nSPS) is 22.5. The van der Waals surface area contributed by atoms with Crippen molar-refractivity contribution in [2.24, 2.45) is 0 Å². The number of hydrogen-bond acceptors (Lipinski definition) is 3. The van der Waals surface area contributed by atoms with E-state index in [1.165, 1.54) is 6.42 Å². The Kier molecular flexibility index (Phi) is 5.97. The van der Waals surface area contributed by atoms with E-state index in [1.54, 1.807) is 4.90 Å². The fourth-order valence-corrected chi connectivity index (χ4v) is 3.40. The van der Waals surface area contributed by atoms with Crippen molar-refractivity contribution in [3.05, 3.63) is 0 Å². The van der Waals surface area contributed by atoms with Crippen molar-refractivity contribution in [3.63, 3.8) is 0 Å². The highest BCUT2D eigenvalue weighted by Crippen LogP contribution is 2.36. The van der Waals surface area contributed by atoms with Crippen LogP contribution >= 0.6 is 11.8 Å². The number of carboxylic acids is 1. The van der Waals surface area contributed by atoms with E-state index in [0.29, 0.717) is 6.54 Å². The molecule has 0 aromatic rings. The highest BCUT2D eigenvalue weighted by Gasteiger charge is 2.30. The van der Waals surface area contributed by atoms with Crippen molar-refractivity contribution >= 4 is 23.8 Å². The molecule has 1 saturated heterocycles. The smallest absolute Gasteiger partial charge is 0.317 e. The van der Waals surface area contributed by atoms with Crippen LogP contribution in [0.2, 0.25) is 0 Å². The molecule has 1 rings (SSSR count). The van der Waals surface area contributed by atoms with Crippen LogP contribution < -0.4 is 5.32 Å². The number of nitrogens with one attached hydrogen (secondary N) is 1. The van der Waals surface area contributed by atoms with Gasteiger partial charge in [0.15, 0.2) is 0 Å². The van der Waals surface area contributed by atoms with Crippen molar-refractivity contribution < 1.29 is 14.7 Å². The molecule has 1 unspecified atom stereocenters. The predicted octanol–water partition coefficient (Wildman–Crippen LogP) is 2.17. The maximum absolute atomic E-state index is 12.1. The maximum atomic E-state index is 12.1. The molecule has 1 heterocycles. The lowest BCUT2D eigenvalue weighted by Crippen LogP contribution is -2.48. The standard InChI is InChI=1S/C13H24N2O3S/c1-10(2)15(7-5-11(16)17)12(18)14-9-13(3)6-4-8-19-13/h10H,4-9H2,1-3H3,(H,14,18)(H,16,17). The molecule has 1 aliphatic heterocycles. The molecular formula is C13H24N2O3S. The molecule has 0 saturated carbocycles. The first-order valence-electron chi connectivity index (χ1n) is 6.74. The number of rotatable bonds is 6. The van der Waals surface area contributed by atoms with Crippen molar-refractivity contribution in [1.29, 1.82) is 0 Å². The van der Waals surface area contributed by atoms with Crippen LogP contribution in [-0.4, -0.2) is 51.6 Å². The molecule has 19 heavy (non-hydrogen) atoms. The molecule has 0 aromatic heterocycles. The number of carbonyl (C=O) groups excluding carboxylic acids is 1. The number of carboxylic acid groups (broad SMARTS) is 1.